The molecule has 1 rings (SSSR count). The molecule has 0 amide bonds. The van der Waals surface area contributed by atoms with Crippen molar-refractivity contribution in [3.05, 3.63) is 32.7 Å². The standard InChI is InChI=1S/C13H15Br2N/c1-3-4-5-6-13(16-2)10-7-11(14)9-12(15)8-10/h1,7-9,13,16H,4-6H2,2H3. The van der Waals surface area contributed by atoms with Gasteiger partial charge in [0.15, 0.2) is 0 Å². The molecule has 0 bridgehead atoms. The van der Waals surface area contributed by atoms with E-state index in [1.165, 1.54) is 5.56 Å². The fraction of sp³-hybridized carbons (Fsp3) is 0.385. The van der Waals surface area contributed by atoms with Gasteiger partial charge in [-0.25, -0.2) is 0 Å². The highest BCUT2D eigenvalue weighted by Crippen LogP contribution is 2.26. The maximum absolute atomic E-state index is 5.26. The van der Waals surface area contributed by atoms with Crippen LogP contribution in [-0.2, 0) is 0 Å². The molecule has 1 aromatic rings. The SMILES string of the molecule is C#CCCCC(NC)c1cc(Br)cc(Br)c1. The van der Waals surface area contributed by atoms with Crippen molar-refractivity contribution in [2.75, 3.05) is 7.05 Å². The number of benzene rings is 1. The fourth-order valence-electron chi connectivity index (χ4n) is 1.66. The van der Waals surface area contributed by atoms with Gasteiger partial charge < -0.3 is 5.32 Å². The van der Waals surface area contributed by atoms with Gasteiger partial charge in [-0.2, -0.15) is 0 Å². The Balaban J connectivity index is 2.74. The Morgan fingerprint density at radius 3 is 2.44 bits per heavy atom. The van der Waals surface area contributed by atoms with E-state index in [0.29, 0.717) is 6.04 Å². The lowest BCUT2D eigenvalue weighted by Crippen LogP contribution is -2.16. The number of unbranched alkanes of at least 4 members (excludes halogenated alkanes) is 1. The minimum atomic E-state index is 0.363. The van der Waals surface area contributed by atoms with Crippen molar-refractivity contribution < 1.29 is 0 Å². The lowest BCUT2D eigenvalue weighted by molar-refractivity contribution is 0.531. The summed E-state index contributed by atoms with van der Waals surface area (Å²) in [6, 6.07) is 6.68. The lowest BCUT2D eigenvalue weighted by atomic mass is 10.0. The van der Waals surface area contributed by atoms with Crippen molar-refractivity contribution in [2.45, 2.75) is 25.3 Å². The molecule has 0 heterocycles. The van der Waals surface area contributed by atoms with E-state index in [-0.39, 0.29) is 0 Å². The third kappa shape index (κ3) is 4.29. The summed E-state index contributed by atoms with van der Waals surface area (Å²) in [5.74, 6) is 2.68. The summed E-state index contributed by atoms with van der Waals surface area (Å²) in [4.78, 5) is 0. The maximum Gasteiger partial charge on any atom is 0.0318 e. The first-order valence-corrected chi connectivity index (χ1v) is 6.82. The summed E-state index contributed by atoms with van der Waals surface area (Å²) < 4.78 is 2.18. The first-order chi connectivity index (χ1) is 7.67. The van der Waals surface area contributed by atoms with Crippen LogP contribution in [0.1, 0.15) is 30.9 Å². The van der Waals surface area contributed by atoms with Gasteiger partial charge in [-0.1, -0.05) is 31.9 Å². The van der Waals surface area contributed by atoms with Crippen molar-refractivity contribution in [1.82, 2.24) is 5.32 Å². The predicted molar refractivity (Wildman–Crippen MR) is 76.3 cm³/mol. The van der Waals surface area contributed by atoms with Crippen LogP contribution in [0.25, 0.3) is 0 Å². The molecule has 1 nitrogen and oxygen atoms in total. The Morgan fingerprint density at radius 2 is 1.94 bits per heavy atom. The highest BCUT2D eigenvalue weighted by Gasteiger charge is 2.09. The summed E-state index contributed by atoms with van der Waals surface area (Å²) in [5.41, 5.74) is 1.28. The van der Waals surface area contributed by atoms with Gasteiger partial charge in [0.05, 0.1) is 0 Å². The van der Waals surface area contributed by atoms with E-state index in [9.17, 15) is 0 Å². The smallest absolute Gasteiger partial charge is 0.0318 e. The molecule has 0 fully saturated rings. The molecular formula is C13H15Br2N. The zero-order valence-electron chi connectivity index (χ0n) is 9.26. The largest absolute Gasteiger partial charge is 0.313 e. The van der Waals surface area contributed by atoms with Crippen LogP contribution >= 0.6 is 31.9 Å². The van der Waals surface area contributed by atoms with Gasteiger partial charge in [-0.05, 0) is 43.7 Å². The number of terminal acetylenes is 1. The third-order valence-corrected chi connectivity index (χ3v) is 3.37. The van der Waals surface area contributed by atoms with Gasteiger partial charge in [0.1, 0.15) is 0 Å². The molecule has 0 aliphatic rings. The number of hydrogen-bond acceptors (Lipinski definition) is 1. The molecule has 3 heteroatoms. The lowest BCUT2D eigenvalue weighted by Gasteiger charge is -2.16. The molecule has 0 aliphatic heterocycles. The number of halogens is 2. The average molecular weight is 345 g/mol. The van der Waals surface area contributed by atoms with Gasteiger partial charge in [-0.3, -0.25) is 0 Å². The summed E-state index contributed by atoms with van der Waals surface area (Å²) in [6.07, 6.45) is 8.21. The fourth-order valence-corrected chi connectivity index (χ4v) is 2.99. The van der Waals surface area contributed by atoms with E-state index in [4.69, 9.17) is 6.42 Å². The quantitative estimate of drug-likeness (QED) is 0.621. The highest BCUT2D eigenvalue weighted by atomic mass is 79.9. The molecule has 16 heavy (non-hydrogen) atoms. The van der Waals surface area contributed by atoms with Crippen molar-refractivity contribution in [3.8, 4) is 12.3 Å². The first kappa shape index (κ1) is 13.8. The normalized spacial score (nSPS) is 12.1. The molecule has 1 atom stereocenters. The number of nitrogens with one attached hydrogen (secondary N) is 1. The summed E-state index contributed by atoms with van der Waals surface area (Å²) in [7, 11) is 1.98. The average Bonchev–Trinajstić information content (AvgIpc) is 2.23. The van der Waals surface area contributed by atoms with Crippen LogP contribution < -0.4 is 5.32 Å². The van der Waals surface area contributed by atoms with Gasteiger partial charge in [0.25, 0.3) is 0 Å². The van der Waals surface area contributed by atoms with Crippen LogP contribution in [0.15, 0.2) is 27.1 Å². The van der Waals surface area contributed by atoms with Gasteiger partial charge >= 0.3 is 0 Å². The second-order valence-corrected chi connectivity index (χ2v) is 5.47. The van der Waals surface area contributed by atoms with E-state index < -0.39 is 0 Å². The number of hydrogen-bond donors (Lipinski definition) is 1. The molecular weight excluding hydrogens is 330 g/mol. The van der Waals surface area contributed by atoms with Crippen LogP contribution in [0.5, 0.6) is 0 Å². The Morgan fingerprint density at radius 1 is 1.31 bits per heavy atom. The van der Waals surface area contributed by atoms with Crippen molar-refractivity contribution in [1.29, 1.82) is 0 Å². The molecule has 0 spiro atoms. The highest BCUT2D eigenvalue weighted by molar-refractivity contribution is 9.11. The Hall–Kier alpha value is -0.300. The summed E-state index contributed by atoms with van der Waals surface area (Å²) in [5, 5.41) is 3.32. The Kier molecular flexibility index (Phi) is 6.12. The molecule has 1 N–H and O–H groups in total. The van der Waals surface area contributed by atoms with E-state index in [0.717, 1.165) is 28.2 Å². The molecule has 0 saturated carbocycles. The Bertz CT molecular complexity index is 362. The molecule has 0 aliphatic carbocycles. The molecule has 1 aromatic carbocycles. The van der Waals surface area contributed by atoms with Crippen molar-refractivity contribution >= 4 is 31.9 Å². The van der Waals surface area contributed by atoms with Gasteiger partial charge in [0.2, 0.25) is 0 Å². The van der Waals surface area contributed by atoms with E-state index in [1.807, 2.05) is 13.1 Å². The van der Waals surface area contributed by atoms with Gasteiger partial charge in [-0.15, -0.1) is 12.3 Å². The second kappa shape index (κ2) is 7.11. The predicted octanol–water partition coefficient (Wildman–Crippen LogP) is 4.28. The van der Waals surface area contributed by atoms with Crippen molar-refractivity contribution in [2.24, 2.45) is 0 Å². The topological polar surface area (TPSA) is 12.0 Å². The molecule has 86 valence electrons. The third-order valence-electron chi connectivity index (χ3n) is 2.45. The van der Waals surface area contributed by atoms with E-state index >= 15 is 0 Å². The van der Waals surface area contributed by atoms with Crippen LogP contribution in [0, 0.1) is 12.3 Å². The molecule has 0 radical (unpaired) electrons. The zero-order chi connectivity index (χ0) is 12.0. The summed E-state index contributed by atoms with van der Waals surface area (Å²) >= 11 is 7.00. The number of rotatable bonds is 5. The monoisotopic (exact) mass is 343 g/mol. The Labute approximate surface area is 114 Å². The maximum atomic E-state index is 5.26. The summed E-state index contributed by atoms with van der Waals surface area (Å²) in [6.45, 7) is 0. The second-order valence-electron chi connectivity index (χ2n) is 3.64. The zero-order valence-corrected chi connectivity index (χ0v) is 12.4. The van der Waals surface area contributed by atoms with Crippen LogP contribution in [0.4, 0.5) is 0 Å². The van der Waals surface area contributed by atoms with Crippen molar-refractivity contribution in [3.63, 3.8) is 0 Å². The van der Waals surface area contributed by atoms with Gasteiger partial charge in [0, 0.05) is 21.4 Å². The molecule has 0 aromatic heterocycles. The van der Waals surface area contributed by atoms with Crippen LogP contribution in [0.3, 0.4) is 0 Å². The minimum Gasteiger partial charge on any atom is -0.313 e. The van der Waals surface area contributed by atoms with E-state index in [1.54, 1.807) is 0 Å². The molecule has 1 unspecified atom stereocenters. The van der Waals surface area contributed by atoms with Crippen LogP contribution in [-0.4, -0.2) is 7.05 Å². The first-order valence-electron chi connectivity index (χ1n) is 5.24. The molecule has 0 saturated heterocycles. The van der Waals surface area contributed by atoms with E-state index in [2.05, 4.69) is 55.2 Å². The van der Waals surface area contributed by atoms with Crippen LogP contribution in [0.2, 0.25) is 0 Å². The minimum absolute atomic E-state index is 0.363.